The highest BCUT2D eigenvalue weighted by molar-refractivity contribution is 6.51. The Kier molecular flexibility index (Phi) is 4.68. The number of aliphatic hydroxyl groups is 1. The highest BCUT2D eigenvalue weighted by Crippen LogP contribution is 2.41. The number of Topliss-reactive ketones (excluding diaryl/α,β-unsaturated/α-hetero) is 1. The van der Waals surface area contributed by atoms with Crippen molar-refractivity contribution in [3.8, 4) is 0 Å². The first-order valence-electron chi connectivity index (χ1n) is 9.03. The molecule has 1 atom stereocenters. The van der Waals surface area contributed by atoms with Crippen molar-refractivity contribution in [1.82, 2.24) is 4.98 Å². The number of halogens is 1. The van der Waals surface area contributed by atoms with E-state index in [9.17, 15) is 19.1 Å². The number of aliphatic hydroxyl groups excluding tert-OH is 1. The van der Waals surface area contributed by atoms with Crippen LogP contribution < -0.4 is 4.90 Å². The fourth-order valence-corrected chi connectivity index (χ4v) is 3.44. The van der Waals surface area contributed by atoms with Crippen LogP contribution in [0.1, 0.15) is 22.9 Å². The Morgan fingerprint density at radius 1 is 0.966 bits per heavy atom. The summed E-state index contributed by atoms with van der Waals surface area (Å²) in [4.78, 5) is 31.5. The molecule has 0 spiro atoms. The van der Waals surface area contributed by atoms with E-state index in [1.807, 2.05) is 0 Å². The maximum atomic E-state index is 13.5. The monoisotopic (exact) mass is 388 g/mol. The van der Waals surface area contributed by atoms with Crippen LogP contribution in [0.25, 0.3) is 5.76 Å². The quantitative estimate of drug-likeness (QED) is 0.416. The first-order valence-corrected chi connectivity index (χ1v) is 9.03. The average molecular weight is 388 g/mol. The number of benzene rings is 2. The molecule has 0 aliphatic carbocycles. The zero-order valence-corrected chi connectivity index (χ0v) is 15.5. The van der Waals surface area contributed by atoms with E-state index in [2.05, 4.69) is 4.98 Å². The van der Waals surface area contributed by atoms with Crippen molar-refractivity contribution in [2.45, 2.75) is 13.0 Å². The van der Waals surface area contributed by atoms with Gasteiger partial charge in [0.15, 0.2) is 0 Å². The number of aryl methyl sites for hydroxylation is 1. The Balaban J connectivity index is 1.96. The largest absolute Gasteiger partial charge is 0.507 e. The molecule has 0 bridgehead atoms. The summed E-state index contributed by atoms with van der Waals surface area (Å²) in [5, 5.41) is 10.9. The van der Waals surface area contributed by atoms with E-state index < -0.39 is 23.5 Å². The summed E-state index contributed by atoms with van der Waals surface area (Å²) in [5.74, 6) is -2.05. The zero-order valence-electron chi connectivity index (χ0n) is 15.5. The molecule has 1 N–H and O–H groups in total. The minimum Gasteiger partial charge on any atom is -0.507 e. The molecular weight excluding hydrogens is 371 g/mol. The van der Waals surface area contributed by atoms with Crippen molar-refractivity contribution in [2.24, 2.45) is 0 Å². The number of nitrogens with zero attached hydrogens (tertiary/aromatic N) is 2. The summed E-state index contributed by atoms with van der Waals surface area (Å²) in [6.45, 7) is 1.77. The molecule has 1 aliphatic heterocycles. The lowest BCUT2D eigenvalue weighted by Crippen LogP contribution is -2.30. The first-order chi connectivity index (χ1) is 14.0. The molecule has 1 amide bonds. The number of ketones is 1. The van der Waals surface area contributed by atoms with Crippen molar-refractivity contribution in [1.29, 1.82) is 0 Å². The number of carbonyl (C=O) groups excluding carboxylic acids is 2. The molecule has 1 fully saturated rings. The molecule has 5 nitrogen and oxygen atoms in total. The molecule has 1 aromatic heterocycles. The van der Waals surface area contributed by atoms with Crippen LogP contribution in [0.3, 0.4) is 0 Å². The smallest absolute Gasteiger partial charge is 0.301 e. The molecule has 1 saturated heterocycles. The minimum atomic E-state index is -0.926. The molecule has 6 heteroatoms. The highest BCUT2D eigenvalue weighted by atomic mass is 19.1. The third kappa shape index (κ3) is 3.29. The molecule has 2 aromatic carbocycles. The topological polar surface area (TPSA) is 70.5 Å². The van der Waals surface area contributed by atoms with Gasteiger partial charge in [0.25, 0.3) is 5.78 Å². The number of amides is 1. The molecule has 29 heavy (non-hydrogen) atoms. The molecule has 3 aromatic rings. The van der Waals surface area contributed by atoms with E-state index in [1.54, 1.807) is 55.5 Å². The van der Waals surface area contributed by atoms with Gasteiger partial charge in [-0.1, -0.05) is 48.5 Å². The summed E-state index contributed by atoms with van der Waals surface area (Å²) in [6, 6.07) is 18.2. The van der Waals surface area contributed by atoms with E-state index in [0.717, 1.165) is 0 Å². The Morgan fingerprint density at radius 3 is 2.31 bits per heavy atom. The standard InChI is InChI=1S/C23H17FN2O3/c1-14-6-5-9-18(25-14)26-20(15-10-12-17(24)13-11-15)19(22(28)23(26)29)21(27)16-7-3-2-4-8-16/h2-13,20,27H,1H3/b21-19+/t20-/m0/s1. The second-order valence-corrected chi connectivity index (χ2v) is 6.72. The van der Waals surface area contributed by atoms with Crippen molar-refractivity contribution >= 4 is 23.3 Å². The number of hydrogen-bond acceptors (Lipinski definition) is 4. The zero-order chi connectivity index (χ0) is 20.5. The van der Waals surface area contributed by atoms with Gasteiger partial charge in [-0.2, -0.15) is 0 Å². The predicted octanol–water partition coefficient (Wildman–Crippen LogP) is 4.16. The third-order valence-electron chi connectivity index (χ3n) is 4.80. The normalized spacial score (nSPS) is 18.3. The fraction of sp³-hybridized carbons (Fsp3) is 0.0870. The second-order valence-electron chi connectivity index (χ2n) is 6.72. The molecule has 0 saturated carbocycles. The van der Waals surface area contributed by atoms with Crippen LogP contribution in [0.4, 0.5) is 10.2 Å². The van der Waals surface area contributed by atoms with Crippen molar-refractivity contribution in [3.05, 3.63) is 101 Å². The van der Waals surface area contributed by atoms with Gasteiger partial charge in [-0.05, 0) is 36.8 Å². The number of aromatic nitrogens is 1. The van der Waals surface area contributed by atoms with Crippen molar-refractivity contribution in [3.63, 3.8) is 0 Å². The summed E-state index contributed by atoms with van der Waals surface area (Å²) >= 11 is 0. The maximum Gasteiger partial charge on any atom is 0.301 e. The molecular formula is C23H17FN2O3. The van der Waals surface area contributed by atoms with Gasteiger partial charge in [0, 0.05) is 11.3 Å². The molecule has 2 heterocycles. The number of carbonyl (C=O) groups is 2. The number of anilines is 1. The average Bonchev–Trinajstić information content (AvgIpc) is 2.99. The summed E-state index contributed by atoms with van der Waals surface area (Å²) < 4.78 is 13.5. The van der Waals surface area contributed by atoms with E-state index in [0.29, 0.717) is 16.8 Å². The summed E-state index contributed by atoms with van der Waals surface area (Å²) in [5.41, 5.74) is 1.52. The molecule has 144 valence electrons. The van der Waals surface area contributed by atoms with Gasteiger partial charge in [0.1, 0.15) is 17.4 Å². The lowest BCUT2D eigenvalue weighted by atomic mass is 9.95. The molecule has 0 unspecified atom stereocenters. The van der Waals surface area contributed by atoms with Crippen LogP contribution in [-0.4, -0.2) is 21.8 Å². The first kappa shape index (κ1) is 18.6. The Bertz CT molecular complexity index is 1120. The van der Waals surface area contributed by atoms with Crippen LogP contribution >= 0.6 is 0 Å². The van der Waals surface area contributed by atoms with Crippen molar-refractivity contribution < 1.29 is 19.1 Å². The fourth-order valence-electron chi connectivity index (χ4n) is 3.44. The van der Waals surface area contributed by atoms with Gasteiger partial charge in [0.2, 0.25) is 0 Å². The van der Waals surface area contributed by atoms with Gasteiger partial charge >= 0.3 is 5.91 Å². The lowest BCUT2D eigenvalue weighted by molar-refractivity contribution is -0.132. The van der Waals surface area contributed by atoms with Crippen LogP contribution in [0, 0.1) is 12.7 Å². The lowest BCUT2D eigenvalue weighted by Gasteiger charge is -2.24. The number of hydrogen-bond donors (Lipinski definition) is 1. The third-order valence-corrected chi connectivity index (χ3v) is 4.80. The SMILES string of the molecule is Cc1cccc(N2C(=O)C(=O)/C(=C(/O)c3ccccc3)[C@@H]2c2ccc(F)cc2)n1. The van der Waals surface area contributed by atoms with E-state index >= 15 is 0 Å². The minimum absolute atomic E-state index is 0.0592. The van der Waals surface area contributed by atoms with Crippen molar-refractivity contribution in [2.75, 3.05) is 4.90 Å². The van der Waals surface area contributed by atoms with Gasteiger partial charge in [0.05, 0.1) is 11.6 Å². The molecule has 1 aliphatic rings. The molecule has 4 rings (SSSR count). The number of pyridine rings is 1. The van der Waals surface area contributed by atoms with Gasteiger partial charge in [-0.15, -0.1) is 0 Å². The second kappa shape index (κ2) is 7.31. The van der Waals surface area contributed by atoms with Gasteiger partial charge in [-0.3, -0.25) is 14.5 Å². The predicted molar refractivity (Wildman–Crippen MR) is 107 cm³/mol. The van der Waals surface area contributed by atoms with Crippen LogP contribution in [0.15, 0.2) is 78.4 Å². The maximum absolute atomic E-state index is 13.5. The molecule has 0 radical (unpaired) electrons. The Labute approximate surface area is 166 Å². The van der Waals surface area contributed by atoms with Gasteiger partial charge in [-0.25, -0.2) is 9.37 Å². The van der Waals surface area contributed by atoms with E-state index in [4.69, 9.17) is 0 Å². The summed E-state index contributed by atoms with van der Waals surface area (Å²) in [7, 11) is 0. The van der Waals surface area contributed by atoms with Crippen LogP contribution in [-0.2, 0) is 9.59 Å². The summed E-state index contributed by atoms with van der Waals surface area (Å²) in [6.07, 6.45) is 0. The van der Waals surface area contributed by atoms with E-state index in [-0.39, 0.29) is 17.2 Å². The van der Waals surface area contributed by atoms with Gasteiger partial charge < -0.3 is 5.11 Å². The van der Waals surface area contributed by atoms with E-state index in [1.165, 1.54) is 29.2 Å². The Morgan fingerprint density at radius 2 is 1.66 bits per heavy atom. The highest BCUT2D eigenvalue weighted by Gasteiger charge is 2.47. The van der Waals surface area contributed by atoms with Crippen LogP contribution in [0.5, 0.6) is 0 Å². The number of rotatable bonds is 3. The van der Waals surface area contributed by atoms with Crippen LogP contribution in [0.2, 0.25) is 0 Å². The Hall–Kier alpha value is -3.80.